The minimum atomic E-state index is -4.87. The van der Waals surface area contributed by atoms with E-state index in [4.69, 9.17) is 11.6 Å². The number of carbonyl (C=O) groups excluding carboxylic acids is 1. The van der Waals surface area contributed by atoms with Crippen LogP contribution in [0.25, 0.3) is 17.0 Å². The highest BCUT2D eigenvalue weighted by molar-refractivity contribution is 6.32. The summed E-state index contributed by atoms with van der Waals surface area (Å²) in [5.41, 5.74) is 0.955. The van der Waals surface area contributed by atoms with Gasteiger partial charge in [0.15, 0.2) is 0 Å². The minimum Gasteiger partial charge on any atom is -0.404 e. The number of likely N-dealkylation sites (tertiary alicyclic amines) is 1. The second-order valence-electron chi connectivity index (χ2n) is 7.40. The van der Waals surface area contributed by atoms with Crippen molar-refractivity contribution in [3.05, 3.63) is 35.1 Å². The Bertz CT molecular complexity index is 1100. The van der Waals surface area contributed by atoms with Gasteiger partial charge < -0.3 is 19.9 Å². The number of hydrogen-bond donors (Lipinski definition) is 2. The molecule has 12 heteroatoms. The third kappa shape index (κ3) is 4.93. The molecule has 1 fully saturated rings. The van der Waals surface area contributed by atoms with E-state index < -0.39 is 12.1 Å². The highest BCUT2D eigenvalue weighted by atomic mass is 35.5. The minimum absolute atomic E-state index is 0.209. The number of H-pyrrole nitrogens is 1. The van der Waals surface area contributed by atoms with Crippen molar-refractivity contribution < 1.29 is 22.7 Å². The summed E-state index contributed by atoms with van der Waals surface area (Å²) in [5, 5.41) is 6.78. The summed E-state index contributed by atoms with van der Waals surface area (Å²) in [7, 11) is 2.09. The van der Waals surface area contributed by atoms with Gasteiger partial charge in [0.05, 0.1) is 27.8 Å². The molecule has 31 heavy (non-hydrogen) atoms. The zero-order valence-electron chi connectivity index (χ0n) is 16.5. The van der Waals surface area contributed by atoms with Crippen LogP contribution in [-0.2, 0) is 0 Å². The standard InChI is InChI=1S/C19H20ClF3N6O2/c1-28-6-2-3-12(28)4-5-24-17(30)11-9-25-29(10-11)18-26-14-7-13(20)16(8-15(14)27-18)31-19(21,22)23/h7-10,12H,2-6H2,1H3,(H,24,30)(H,26,27)/t12-/m0/s1. The van der Waals surface area contributed by atoms with Gasteiger partial charge in [-0.2, -0.15) is 5.10 Å². The van der Waals surface area contributed by atoms with Crippen LogP contribution < -0.4 is 10.1 Å². The van der Waals surface area contributed by atoms with Gasteiger partial charge in [-0.1, -0.05) is 11.6 Å². The Morgan fingerprint density at radius 2 is 2.23 bits per heavy atom. The average molecular weight is 457 g/mol. The number of benzene rings is 1. The van der Waals surface area contributed by atoms with Crippen molar-refractivity contribution in [1.82, 2.24) is 30.0 Å². The number of hydrogen-bond acceptors (Lipinski definition) is 5. The first-order valence-corrected chi connectivity index (χ1v) is 10.1. The van der Waals surface area contributed by atoms with Crippen LogP contribution in [0.5, 0.6) is 5.75 Å². The number of aromatic amines is 1. The fraction of sp³-hybridized carbons (Fsp3) is 0.421. The molecule has 1 aromatic carbocycles. The second-order valence-corrected chi connectivity index (χ2v) is 7.81. The van der Waals surface area contributed by atoms with Gasteiger partial charge >= 0.3 is 6.36 Å². The molecule has 0 saturated carbocycles. The molecule has 1 aliphatic heterocycles. The van der Waals surface area contributed by atoms with E-state index in [1.807, 2.05) is 0 Å². The van der Waals surface area contributed by atoms with Gasteiger partial charge in [-0.25, -0.2) is 9.67 Å². The molecular formula is C19H20ClF3N6O2. The number of ether oxygens (including phenoxy) is 1. The number of carbonyl (C=O) groups is 1. The number of rotatable bonds is 6. The van der Waals surface area contributed by atoms with Crippen molar-refractivity contribution >= 4 is 28.5 Å². The molecule has 1 aliphatic rings. The molecule has 0 unspecified atom stereocenters. The van der Waals surface area contributed by atoms with Crippen LogP contribution in [-0.4, -0.2) is 63.1 Å². The molecule has 2 N–H and O–H groups in total. The molecule has 166 valence electrons. The predicted molar refractivity (Wildman–Crippen MR) is 108 cm³/mol. The predicted octanol–water partition coefficient (Wildman–Crippen LogP) is 3.51. The van der Waals surface area contributed by atoms with Crippen molar-refractivity contribution in [1.29, 1.82) is 0 Å². The number of nitrogens with zero attached hydrogens (tertiary/aromatic N) is 4. The first-order chi connectivity index (χ1) is 14.7. The number of aromatic nitrogens is 4. The average Bonchev–Trinajstić information content (AvgIpc) is 3.41. The molecule has 3 aromatic rings. The van der Waals surface area contributed by atoms with Crippen molar-refractivity contribution in [2.24, 2.45) is 0 Å². The van der Waals surface area contributed by atoms with E-state index in [1.54, 1.807) is 0 Å². The molecule has 0 bridgehead atoms. The maximum atomic E-state index is 12.5. The van der Waals surface area contributed by atoms with Crippen LogP contribution in [0.4, 0.5) is 13.2 Å². The van der Waals surface area contributed by atoms with Crippen LogP contribution >= 0.6 is 11.6 Å². The van der Waals surface area contributed by atoms with Crippen molar-refractivity contribution in [2.45, 2.75) is 31.7 Å². The van der Waals surface area contributed by atoms with Crippen LogP contribution in [0.3, 0.4) is 0 Å². The molecule has 1 atom stereocenters. The summed E-state index contributed by atoms with van der Waals surface area (Å²) in [6, 6.07) is 2.85. The lowest BCUT2D eigenvalue weighted by molar-refractivity contribution is -0.274. The molecule has 2 aromatic heterocycles. The monoisotopic (exact) mass is 456 g/mol. The Morgan fingerprint density at radius 1 is 1.42 bits per heavy atom. The lowest BCUT2D eigenvalue weighted by atomic mass is 10.1. The molecule has 1 amide bonds. The van der Waals surface area contributed by atoms with E-state index in [-0.39, 0.29) is 22.4 Å². The molecule has 1 saturated heterocycles. The van der Waals surface area contributed by atoms with Gasteiger partial charge in [0.2, 0.25) is 5.95 Å². The largest absolute Gasteiger partial charge is 0.573 e. The van der Waals surface area contributed by atoms with Gasteiger partial charge in [-0.3, -0.25) is 4.79 Å². The Labute approximate surface area is 180 Å². The normalized spacial score (nSPS) is 17.4. The highest BCUT2D eigenvalue weighted by Crippen LogP contribution is 2.33. The van der Waals surface area contributed by atoms with E-state index >= 15 is 0 Å². The van der Waals surface area contributed by atoms with Crippen LogP contribution in [0.2, 0.25) is 5.02 Å². The molecule has 0 radical (unpaired) electrons. The Balaban J connectivity index is 1.44. The topological polar surface area (TPSA) is 88.1 Å². The van der Waals surface area contributed by atoms with E-state index in [1.165, 1.54) is 29.6 Å². The molecule has 0 spiro atoms. The first-order valence-electron chi connectivity index (χ1n) is 9.68. The zero-order valence-corrected chi connectivity index (χ0v) is 17.3. The summed E-state index contributed by atoms with van der Waals surface area (Å²) >= 11 is 5.86. The van der Waals surface area contributed by atoms with Gasteiger partial charge in [0, 0.05) is 24.8 Å². The third-order valence-corrected chi connectivity index (χ3v) is 5.54. The van der Waals surface area contributed by atoms with Crippen molar-refractivity contribution in [2.75, 3.05) is 20.1 Å². The Kier molecular flexibility index (Phi) is 5.80. The molecule has 3 heterocycles. The summed E-state index contributed by atoms with van der Waals surface area (Å²) < 4.78 is 42.7. The summed E-state index contributed by atoms with van der Waals surface area (Å²) in [6.07, 6.45) is 1.21. The van der Waals surface area contributed by atoms with Gasteiger partial charge in [-0.05, 0) is 38.9 Å². The van der Waals surface area contributed by atoms with Crippen LogP contribution in [0, 0.1) is 0 Å². The summed E-state index contributed by atoms with van der Waals surface area (Å²) in [5.74, 6) is -0.582. The number of alkyl halides is 3. The maximum absolute atomic E-state index is 12.5. The fourth-order valence-corrected chi connectivity index (χ4v) is 3.87. The van der Waals surface area contributed by atoms with Crippen molar-refractivity contribution in [3.63, 3.8) is 0 Å². The number of fused-ring (bicyclic) bond motifs is 1. The SMILES string of the molecule is CN1CCC[C@H]1CCNC(=O)c1cnn(-c2nc3cc(OC(F)(F)F)c(Cl)cc3[nH]2)c1. The number of halogens is 4. The maximum Gasteiger partial charge on any atom is 0.573 e. The molecule has 0 aliphatic carbocycles. The van der Waals surface area contributed by atoms with E-state index in [2.05, 4.69) is 37.1 Å². The summed E-state index contributed by atoms with van der Waals surface area (Å²) in [6.45, 7) is 1.64. The fourth-order valence-electron chi connectivity index (χ4n) is 3.66. The van der Waals surface area contributed by atoms with Crippen LogP contribution in [0.15, 0.2) is 24.5 Å². The lowest BCUT2D eigenvalue weighted by Gasteiger charge is -2.19. The molecule has 8 nitrogen and oxygen atoms in total. The van der Waals surface area contributed by atoms with Gasteiger partial charge in [-0.15, -0.1) is 13.2 Å². The third-order valence-electron chi connectivity index (χ3n) is 5.25. The number of amides is 1. The van der Waals surface area contributed by atoms with Crippen LogP contribution in [0.1, 0.15) is 29.6 Å². The summed E-state index contributed by atoms with van der Waals surface area (Å²) in [4.78, 5) is 21.8. The zero-order chi connectivity index (χ0) is 22.2. The lowest BCUT2D eigenvalue weighted by Crippen LogP contribution is -2.31. The van der Waals surface area contributed by atoms with E-state index in [0.29, 0.717) is 23.7 Å². The first kappa shape index (κ1) is 21.4. The number of nitrogens with one attached hydrogen (secondary N) is 2. The van der Waals surface area contributed by atoms with Gasteiger partial charge in [0.1, 0.15) is 5.75 Å². The second kappa shape index (κ2) is 8.39. The van der Waals surface area contributed by atoms with Crippen molar-refractivity contribution in [3.8, 4) is 11.7 Å². The molecular weight excluding hydrogens is 437 g/mol. The van der Waals surface area contributed by atoms with E-state index in [9.17, 15) is 18.0 Å². The number of imidazole rings is 1. The Hall–Kier alpha value is -2.79. The van der Waals surface area contributed by atoms with Gasteiger partial charge in [0.25, 0.3) is 5.91 Å². The molecule has 4 rings (SSSR count). The Morgan fingerprint density at radius 3 is 2.94 bits per heavy atom. The highest BCUT2D eigenvalue weighted by Gasteiger charge is 2.32. The smallest absolute Gasteiger partial charge is 0.404 e. The van der Waals surface area contributed by atoms with E-state index in [0.717, 1.165) is 25.5 Å². The quantitative estimate of drug-likeness (QED) is 0.592.